The van der Waals surface area contributed by atoms with Crippen molar-refractivity contribution in [1.82, 2.24) is 0 Å². The van der Waals surface area contributed by atoms with E-state index >= 15 is 0 Å². The van der Waals surface area contributed by atoms with Crippen LogP contribution in [0.5, 0.6) is 5.75 Å². The van der Waals surface area contributed by atoms with Crippen molar-refractivity contribution in [2.24, 2.45) is 4.99 Å². The van der Waals surface area contributed by atoms with E-state index in [-0.39, 0.29) is 11.3 Å². The lowest BCUT2D eigenvalue weighted by Crippen LogP contribution is -2.29. The van der Waals surface area contributed by atoms with Crippen LogP contribution in [0.25, 0.3) is 5.70 Å². The summed E-state index contributed by atoms with van der Waals surface area (Å²) >= 11 is 0. The summed E-state index contributed by atoms with van der Waals surface area (Å²) in [7, 11) is 0. The maximum atomic E-state index is 14.0. The van der Waals surface area contributed by atoms with E-state index in [0.717, 1.165) is 0 Å². The lowest BCUT2D eigenvalue weighted by molar-refractivity contribution is 0.475. The molecule has 118 valence electrons. The van der Waals surface area contributed by atoms with E-state index in [9.17, 15) is 18.3 Å². The highest BCUT2D eigenvalue weighted by Gasteiger charge is 2.27. The zero-order valence-electron chi connectivity index (χ0n) is 12.2. The highest BCUT2D eigenvalue weighted by Crippen LogP contribution is 2.38. The fourth-order valence-corrected chi connectivity index (χ4v) is 2.64. The number of halogens is 3. The lowest BCUT2D eigenvalue weighted by atomic mass is 10.0. The maximum Gasteiger partial charge on any atom is 0.134 e. The van der Waals surface area contributed by atoms with Gasteiger partial charge in [0.05, 0.1) is 23.8 Å². The van der Waals surface area contributed by atoms with Gasteiger partial charge in [-0.1, -0.05) is 6.58 Å². The summed E-state index contributed by atoms with van der Waals surface area (Å²) in [5.41, 5.74) is 1.32. The first-order valence-electron chi connectivity index (χ1n) is 6.87. The summed E-state index contributed by atoms with van der Waals surface area (Å²) in [6.45, 7) is 5.36. The zero-order chi connectivity index (χ0) is 16.7. The highest BCUT2D eigenvalue weighted by atomic mass is 19.1. The van der Waals surface area contributed by atoms with Crippen molar-refractivity contribution in [1.29, 1.82) is 0 Å². The molecule has 1 aliphatic heterocycles. The predicted octanol–water partition coefficient (Wildman–Crippen LogP) is 4.39. The SMILES string of the molecule is C=C1N=CN(C(C)c2c(F)cc(F)cc2F)c2ccc(O)cc21. The fraction of sp³-hybridized carbons (Fsp3) is 0.118. The summed E-state index contributed by atoms with van der Waals surface area (Å²) < 4.78 is 41.1. The summed E-state index contributed by atoms with van der Waals surface area (Å²) in [6, 6.07) is 5.07. The monoisotopic (exact) mass is 318 g/mol. The Morgan fingerprint density at radius 3 is 2.43 bits per heavy atom. The van der Waals surface area contributed by atoms with E-state index in [1.54, 1.807) is 17.9 Å². The fourth-order valence-electron chi connectivity index (χ4n) is 2.64. The van der Waals surface area contributed by atoms with E-state index in [2.05, 4.69) is 11.6 Å². The van der Waals surface area contributed by atoms with Crippen LogP contribution in [0.3, 0.4) is 0 Å². The smallest absolute Gasteiger partial charge is 0.134 e. The van der Waals surface area contributed by atoms with Crippen LogP contribution >= 0.6 is 0 Å². The topological polar surface area (TPSA) is 35.8 Å². The molecule has 0 bridgehead atoms. The molecular formula is C17H13F3N2O. The summed E-state index contributed by atoms with van der Waals surface area (Å²) in [6.07, 6.45) is 1.41. The molecule has 0 fully saturated rings. The van der Waals surface area contributed by atoms with Crippen LogP contribution in [-0.2, 0) is 0 Å². The molecule has 23 heavy (non-hydrogen) atoms. The molecule has 0 saturated heterocycles. The second kappa shape index (κ2) is 5.46. The van der Waals surface area contributed by atoms with Crippen molar-refractivity contribution < 1.29 is 18.3 Å². The molecule has 6 heteroatoms. The zero-order valence-corrected chi connectivity index (χ0v) is 12.2. The Hall–Kier alpha value is -2.76. The van der Waals surface area contributed by atoms with Crippen molar-refractivity contribution >= 4 is 17.7 Å². The van der Waals surface area contributed by atoms with Gasteiger partial charge in [-0.15, -0.1) is 0 Å². The number of phenols is 1. The normalized spacial score (nSPS) is 14.8. The van der Waals surface area contributed by atoms with Gasteiger partial charge in [0, 0.05) is 23.3 Å². The molecule has 0 saturated carbocycles. The number of rotatable bonds is 2. The van der Waals surface area contributed by atoms with Crippen molar-refractivity contribution in [2.45, 2.75) is 13.0 Å². The van der Waals surface area contributed by atoms with Gasteiger partial charge >= 0.3 is 0 Å². The molecule has 0 aliphatic carbocycles. The van der Waals surface area contributed by atoms with E-state index in [1.165, 1.54) is 18.5 Å². The molecule has 1 unspecified atom stereocenters. The minimum absolute atomic E-state index is 0.0359. The molecule has 3 nitrogen and oxygen atoms in total. The molecule has 0 radical (unpaired) electrons. The Balaban J connectivity index is 2.10. The van der Waals surface area contributed by atoms with Crippen LogP contribution in [-0.4, -0.2) is 11.4 Å². The van der Waals surface area contributed by atoms with Gasteiger partial charge in [0.15, 0.2) is 0 Å². The van der Waals surface area contributed by atoms with Gasteiger partial charge in [0.25, 0.3) is 0 Å². The predicted molar refractivity (Wildman–Crippen MR) is 82.8 cm³/mol. The lowest BCUT2D eigenvalue weighted by Gasteiger charge is -2.32. The second-order valence-electron chi connectivity index (χ2n) is 5.26. The molecule has 2 aromatic rings. The number of fused-ring (bicyclic) bond motifs is 1. The van der Waals surface area contributed by atoms with Crippen LogP contribution < -0.4 is 4.90 Å². The Bertz CT molecular complexity index is 810. The van der Waals surface area contributed by atoms with Crippen LogP contribution in [0.15, 0.2) is 41.9 Å². The van der Waals surface area contributed by atoms with Crippen LogP contribution in [0, 0.1) is 17.5 Å². The van der Waals surface area contributed by atoms with Gasteiger partial charge in [0.2, 0.25) is 0 Å². The van der Waals surface area contributed by atoms with Gasteiger partial charge in [-0.25, -0.2) is 18.2 Å². The molecule has 1 atom stereocenters. The Morgan fingerprint density at radius 1 is 1.13 bits per heavy atom. The summed E-state index contributed by atoms with van der Waals surface area (Å²) in [5.74, 6) is -2.86. The maximum absolute atomic E-state index is 14.0. The van der Waals surface area contributed by atoms with Crippen LogP contribution in [0.1, 0.15) is 24.1 Å². The van der Waals surface area contributed by atoms with Gasteiger partial charge in [0.1, 0.15) is 23.2 Å². The number of hydrogen-bond donors (Lipinski definition) is 1. The van der Waals surface area contributed by atoms with Crippen molar-refractivity contribution in [3.05, 3.63) is 65.5 Å². The van der Waals surface area contributed by atoms with Crippen molar-refractivity contribution in [2.75, 3.05) is 4.90 Å². The minimum atomic E-state index is -0.970. The van der Waals surface area contributed by atoms with Crippen LogP contribution in [0.4, 0.5) is 18.9 Å². The third-order valence-corrected chi connectivity index (χ3v) is 3.79. The van der Waals surface area contributed by atoms with Crippen molar-refractivity contribution in [3.8, 4) is 5.75 Å². The Kier molecular flexibility index (Phi) is 3.60. The second-order valence-corrected chi connectivity index (χ2v) is 5.26. The Labute approximate surface area is 131 Å². The number of aromatic hydroxyl groups is 1. The van der Waals surface area contributed by atoms with Crippen LogP contribution in [0.2, 0.25) is 0 Å². The number of benzene rings is 2. The van der Waals surface area contributed by atoms with E-state index < -0.39 is 23.5 Å². The third kappa shape index (κ3) is 2.56. The molecule has 0 amide bonds. The molecular weight excluding hydrogens is 305 g/mol. The first kappa shape index (κ1) is 15.1. The number of anilines is 1. The quantitative estimate of drug-likeness (QED) is 0.891. The number of hydrogen-bond acceptors (Lipinski definition) is 3. The summed E-state index contributed by atoms with van der Waals surface area (Å²) in [5, 5.41) is 9.59. The summed E-state index contributed by atoms with van der Waals surface area (Å²) in [4.78, 5) is 5.64. The highest BCUT2D eigenvalue weighted by molar-refractivity contribution is 5.95. The van der Waals surface area contributed by atoms with E-state index in [0.29, 0.717) is 29.1 Å². The minimum Gasteiger partial charge on any atom is -0.508 e. The largest absolute Gasteiger partial charge is 0.508 e. The molecule has 3 rings (SSSR count). The number of aliphatic imine (C=N–C) groups is 1. The van der Waals surface area contributed by atoms with Gasteiger partial charge in [-0.3, -0.25) is 0 Å². The first-order chi connectivity index (χ1) is 10.9. The molecule has 0 aromatic heterocycles. The molecule has 2 aromatic carbocycles. The van der Waals surface area contributed by atoms with Gasteiger partial charge in [-0.2, -0.15) is 0 Å². The Morgan fingerprint density at radius 2 is 1.78 bits per heavy atom. The molecule has 1 N–H and O–H groups in total. The first-order valence-corrected chi connectivity index (χ1v) is 6.87. The van der Waals surface area contributed by atoms with Gasteiger partial charge in [-0.05, 0) is 25.1 Å². The standard InChI is InChI=1S/C17H13F3N2O/c1-9-13-7-12(23)3-4-16(13)22(8-21-9)10(2)17-14(19)5-11(18)6-15(17)20/h3-8,10,23H,1H2,2H3. The molecule has 0 spiro atoms. The van der Waals surface area contributed by atoms with Crippen molar-refractivity contribution in [3.63, 3.8) is 0 Å². The molecule has 1 aliphatic rings. The number of nitrogens with zero attached hydrogens (tertiary/aromatic N) is 2. The number of phenolic OH excluding ortho intramolecular Hbond substituents is 1. The average molecular weight is 318 g/mol. The third-order valence-electron chi connectivity index (χ3n) is 3.79. The van der Waals surface area contributed by atoms with Gasteiger partial charge < -0.3 is 10.0 Å². The molecule has 1 heterocycles. The van der Waals surface area contributed by atoms with E-state index in [1.807, 2.05) is 0 Å². The average Bonchev–Trinajstić information content (AvgIpc) is 2.47. The van der Waals surface area contributed by atoms with E-state index in [4.69, 9.17) is 0 Å².